The lowest BCUT2D eigenvalue weighted by Crippen LogP contribution is -1.99. The highest BCUT2D eigenvalue weighted by atomic mass is 16.4. The Kier molecular flexibility index (Phi) is 1.21. The second-order valence-electron chi connectivity index (χ2n) is 3.43. The minimum Gasteiger partial charge on any atom is -0.445 e. The first-order valence-electron chi connectivity index (χ1n) is 4.64. The molecule has 2 aromatic heterocycles. The molecule has 0 aliphatic rings. The summed E-state index contributed by atoms with van der Waals surface area (Å²) in [4.78, 5) is 0. The summed E-state index contributed by atoms with van der Waals surface area (Å²) < 4.78 is 10.7. The molecular weight excluding hydrogens is 166 g/mol. The van der Waals surface area contributed by atoms with Crippen molar-refractivity contribution in [1.29, 1.82) is 0 Å². The molecule has 0 saturated heterocycles. The Bertz CT molecular complexity index is 519. The molecule has 3 heteroatoms. The van der Waals surface area contributed by atoms with Crippen molar-refractivity contribution >= 4 is 22.3 Å². The van der Waals surface area contributed by atoms with Gasteiger partial charge in [0.15, 0.2) is 11.2 Å². The summed E-state index contributed by atoms with van der Waals surface area (Å²) in [6.07, 6.45) is 2.15. The summed E-state index contributed by atoms with van der Waals surface area (Å²) >= 11 is 0. The van der Waals surface area contributed by atoms with Crippen molar-refractivity contribution in [2.45, 2.75) is 26.3 Å². The molecule has 0 radical (unpaired) electrons. The van der Waals surface area contributed by atoms with E-state index in [4.69, 9.17) is 14.6 Å². The summed E-state index contributed by atoms with van der Waals surface area (Å²) in [5.41, 5.74) is 12.0. The molecule has 0 fully saturated rings. The van der Waals surface area contributed by atoms with Gasteiger partial charge in [-0.3, -0.25) is 0 Å². The molecule has 2 N–H and O–H groups in total. The van der Waals surface area contributed by atoms with E-state index < -0.39 is 0 Å². The predicted octanol–water partition coefficient (Wildman–Crippen LogP) is 2.47. The van der Waals surface area contributed by atoms with Gasteiger partial charge in [0, 0.05) is 17.7 Å². The van der Waals surface area contributed by atoms with Crippen molar-refractivity contribution in [3.8, 4) is 0 Å². The van der Waals surface area contributed by atoms with Crippen molar-refractivity contribution in [3.05, 3.63) is 11.1 Å². The standard InChI is InChI=1S/C10H11NO2/c1-2-3-5-6(4-11)8-10(13-8)9-7(5)12-9/h2-4,11H2,1H3. The van der Waals surface area contributed by atoms with E-state index in [1.165, 1.54) is 5.56 Å². The van der Waals surface area contributed by atoms with Gasteiger partial charge >= 0.3 is 0 Å². The van der Waals surface area contributed by atoms with Crippen LogP contribution in [-0.2, 0) is 13.0 Å². The number of hydrogen-bond acceptors (Lipinski definition) is 3. The SMILES string of the molecule is CCCc1c(CN)c2oc2c2oc12. The molecule has 3 rings (SSSR count). The van der Waals surface area contributed by atoms with E-state index in [1.54, 1.807) is 0 Å². The Morgan fingerprint density at radius 2 is 1.62 bits per heavy atom. The van der Waals surface area contributed by atoms with Crippen LogP contribution in [0.4, 0.5) is 0 Å². The van der Waals surface area contributed by atoms with Crippen LogP contribution in [0, 0.1) is 0 Å². The zero-order valence-corrected chi connectivity index (χ0v) is 7.52. The van der Waals surface area contributed by atoms with E-state index in [-0.39, 0.29) is 0 Å². The van der Waals surface area contributed by atoms with E-state index >= 15 is 0 Å². The lowest BCUT2D eigenvalue weighted by molar-refractivity contribution is 0.719. The average molecular weight is 177 g/mol. The molecule has 0 unspecified atom stereocenters. The molecule has 3 aromatic rings. The van der Waals surface area contributed by atoms with Crippen molar-refractivity contribution < 1.29 is 8.83 Å². The molecule has 3 nitrogen and oxygen atoms in total. The van der Waals surface area contributed by atoms with Crippen LogP contribution in [0.2, 0.25) is 0 Å². The summed E-state index contributed by atoms with van der Waals surface area (Å²) in [7, 11) is 0. The van der Waals surface area contributed by atoms with Crippen molar-refractivity contribution in [2.75, 3.05) is 0 Å². The van der Waals surface area contributed by atoms with Crippen molar-refractivity contribution in [1.82, 2.24) is 0 Å². The van der Waals surface area contributed by atoms with Gasteiger partial charge in [0.05, 0.1) is 0 Å². The van der Waals surface area contributed by atoms with Crippen LogP contribution in [0.5, 0.6) is 0 Å². The van der Waals surface area contributed by atoms with Gasteiger partial charge in [-0.2, -0.15) is 0 Å². The van der Waals surface area contributed by atoms with Crippen LogP contribution >= 0.6 is 0 Å². The topological polar surface area (TPSA) is 52.3 Å². The third-order valence-electron chi connectivity index (χ3n) is 2.56. The number of benzene rings is 1. The fourth-order valence-electron chi connectivity index (χ4n) is 1.85. The summed E-state index contributed by atoms with van der Waals surface area (Å²) in [6, 6.07) is 0. The van der Waals surface area contributed by atoms with Gasteiger partial charge in [0.2, 0.25) is 11.2 Å². The minimum atomic E-state index is 0.550. The second kappa shape index (κ2) is 2.17. The third kappa shape index (κ3) is 0.823. The lowest BCUT2D eigenvalue weighted by atomic mass is 10.0. The van der Waals surface area contributed by atoms with Crippen LogP contribution in [0.15, 0.2) is 8.83 Å². The Balaban J connectivity index is 2.23. The Morgan fingerprint density at radius 1 is 1.00 bits per heavy atom. The Hall–Kier alpha value is -1.22. The zero-order chi connectivity index (χ0) is 9.00. The van der Waals surface area contributed by atoms with Gasteiger partial charge in [-0.05, 0) is 6.42 Å². The highest BCUT2D eigenvalue weighted by Gasteiger charge is 2.29. The first kappa shape index (κ1) is 7.21. The van der Waals surface area contributed by atoms with E-state index in [1.807, 2.05) is 0 Å². The molecule has 0 aliphatic carbocycles. The molecule has 0 spiro atoms. The molecule has 68 valence electrons. The minimum absolute atomic E-state index is 0.550. The monoisotopic (exact) mass is 177 g/mol. The van der Waals surface area contributed by atoms with Crippen molar-refractivity contribution in [2.24, 2.45) is 5.73 Å². The number of hydrogen-bond donors (Lipinski definition) is 1. The first-order valence-corrected chi connectivity index (χ1v) is 4.64. The van der Waals surface area contributed by atoms with Gasteiger partial charge < -0.3 is 14.6 Å². The fraction of sp³-hybridized carbons (Fsp3) is 0.400. The van der Waals surface area contributed by atoms with Gasteiger partial charge in [0.25, 0.3) is 0 Å². The maximum atomic E-state index is 5.67. The van der Waals surface area contributed by atoms with Gasteiger partial charge in [-0.25, -0.2) is 0 Å². The number of fused-ring (bicyclic) bond motifs is 3. The van der Waals surface area contributed by atoms with Crippen LogP contribution in [0.1, 0.15) is 24.5 Å². The lowest BCUT2D eigenvalue weighted by Gasteiger charge is -1.98. The Labute approximate surface area is 75.1 Å². The maximum Gasteiger partial charge on any atom is 0.216 e. The van der Waals surface area contributed by atoms with Gasteiger partial charge in [-0.15, -0.1) is 0 Å². The molecule has 0 bridgehead atoms. The smallest absolute Gasteiger partial charge is 0.216 e. The summed E-state index contributed by atoms with van der Waals surface area (Å²) in [5, 5.41) is 0. The normalized spacial score (nSPS) is 12.8. The number of nitrogens with two attached hydrogens (primary N) is 1. The highest BCUT2D eigenvalue weighted by molar-refractivity contribution is 6.09. The van der Waals surface area contributed by atoms with Crippen LogP contribution in [0.25, 0.3) is 22.3 Å². The second-order valence-corrected chi connectivity index (χ2v) is 3.43. The molecular formula is C10H11NO2. The van der Waals surface area contributed by atoms with Gasteiger partial charge in [0.1, 0.15) is 0 Å². The van der Waals surface area contributed by atoms with Crippen LogP contribution in [-0.4, -0.2) is 0 Å². The summed E-state index contributed by atoms with van der Waals surface area (Å²) in [6.45, 7) is 2.70. The van der Waals surface area contributed by atoms with E-state index in [2.05, 4.69) is 6.92 Å². The Morgan fingerprint density at radius 3 is 2.15 bits per heavy atom. The zero-order valence-electron chi connectivity index (χ0n) is 7.52. The molecule has 0 saturated carbocycles. The maximum absolute atomic E-state index is 5.67. The van der Waals surface area contributed by atoms with E-state index in [9.17, 15) is 0 Å². The quantitative estimate of drug-likeness (QED) is 0.668. The largest absolute Gasteiger partial charge is 0.445 e. The van der Waals surface area contributed by atoms with E-state index in [0.29, 0.717) is 6.54 Å². The first-order chi connectivity index (χ1) is 6.36. The van der Waals surface area contributed by atoms with Crippen LogP contribution < -0.4 is 5.73 Å². The van der Waals surface area contributed by atoms with Crippen molar-refractivity contribution in [3.63, 3.8) is 0 Å². The molecule has 0 amide bonds. The summed E-state index contributed by atoms with van der Waals surface area (Å²) in [5.74, 6) is 0. The average Bonchev–Trinajstić information content (AvgIpc) is 2.97. The predicted molar refractivity (Wildman–Crippen MR) is 50.2 cm³/mol. The number of aryl methyl sites for hydroxylation is 1. The van der Waals surface area contributed by atoms with Crippen LogP contribution in [0.3, 0.4) is 0 Å². The fourth-order valence-corrected chi connectivity index (χ4v) is 1.85. The molecule has 13 heavy (non-hydrogen) atoms. The molecule has 2 heterocycles. The third-order valence-corrected chi connectivity index (χ3v) is 2.56. The highest BCUT2D eigenvalue weighted by Crippen LogP contribution is 2.45. The molecule has 1 aromatic carbocycles. The molecule has 0 atom stereocenters. The molecule has 0 aliphatic heterocycles. The van der Waals surface area contributed by atoms with E-state index in [0.717, 1.165) is 40.7 Å². The van der Waals surface area contributed by atoms with Gasteiger partial charge in [-0.1, -0.05) is 13.3 Å². The number of rotatable bonds is 3.